The van der Waals surface area contributed by atoms with E-state index in [1.54, 1.807) is 0 Å². The third-order valence-corrected chi connectivity index (χ3v) is 2.90. The SMILES string of the molecule is Nc1cc(S(=O)(=O)Cl)c(C(F)F)c(=O)[nH]1. The third kappa shape index (κ3) is 2.45. The van der Waals surface area contributed by atoms with Gasteiger partial charge in [-0.3, -0.25) is 4.79 Å². The highest BCUT2D eigenvalue weighted by molar-refractivity contribution is 8.13. The van der Waals surface area contributed by atoms with E-state index < -0.39 is 31.5 Å². The van der Waals surface area contributed by atoms with Crippen molar-refractivity contribution in [2.24, 2.45) is 0 Å². The van der Waals surface area contributed by atoms with Crippen molar-refractivity contribution < 1.29 is 17.2 Å². The highest BCUT2D eigenvalue weighted by Gasteiger charge is 2.25. The number of aromatic amines is 1. The summed E-state index contributed by atoms with van der Waals surface area (Å²) in [5, 5.41) is 0. The molecular formula is C6H5ClF2N2O3S. The molecular weight excluding hydrogens is 254 g/mol. The maximum Gasteiger partial charge on any atom is 0.270 e. The summed E-state index contributed by atoms with van der Waals surface area (Å²) < 4.78 is 46.5. The van der Waals surface area contributed by atoms with Crippen molar-refractivity contribution in [3.63, 3.8) is 0 Å². The van der Waals surface area contributed by atoms with E-state index in [2.05, 4.69) is 0 Å². The maximum absolute atomic E-state index is 12.4. The van der Waals surface area contributed by atoms with Crippen LogP contribution in [0.25, 0.3) is 0 Å². The number of anilines is 1. The van der Waals surface area contributed by atoms with Gasteiger partial charge in [-0.25, -0.2) is 17.2 Å². The number of H-pyrrole nitrogens is 1. The summed E-state index contributed by atoms with van der Waals surface area (Å²) in [6.45, 7) is 0. The van der Waals surface area contributed by atoms with Crippen molar-refractivity contribution in [2.45, 2.75) is 11.3 Å². The summed E-state index contributed by atoms with van der Waals surface area (Å²) >= 11 is 0. The Bertz CT molecular complexity index is 540. The van der Waals surface area contributed by atoms with Crippen LogP contribution >= 0.6 is 10.7 Å². The molecule has 0 aliphatic carbocycles. The van der Waals surface area contributed by atoms with Crippen molar-refractivity contribution >= 4 is 25.6 Å². The number of nitrogens with one attached hydrogen (secondary N) is 1. The number of nitrogens with two attached hydrogens (primary N) is 1. The Morgan fingerprint density at radius 2 is 2.00 bits per heavy atom. The second kappa shape index (κ2) is 3.78. The number of aromatic nitrogens is 1. The predicted molar refractivity (Wildman–Crippen MR) is 49.5 cm³/mol. The Kier molecular flexibility index (Phi) is 3.00. The summed E-state index contributed by atoms with van der Waals surface area (Å²) in [6.07, 6.45) is -3.25. The minimum absolute atomic E-state index is 0.358. The molecule has 0 radical (unpaired) electrons. The van der Waals surface area contributed by atoms with Gasteiger partial charge in [-0.15, -0.1) is 0 Å². The molecule has 15 heavy (non-hydrogen) atoms. The molecule has 0 bridgehead atoms. The summed E-state index contributed by atoms with van der Waals surface area (Å²) in [5.41, 5.74) is 2.62. The molecule has 1 aromatic heterocycles. The van der Waals surface area contributed by atoms with Crippen molar-refractivity contribution in [3.05, 3.63) is 22.0 Å². The van der Waals surface area contributed by atoms with E-state index in [0.29, 0.717) is 6.07 Å². The first-order valence-electron chi connectivity index (χ1n) is 3.49. The number of hydrogen-bond donors (Lipinski definition) is 2. The normalized spacial score (nSPS) is 12.0. The maximum atomic E-state index is 12.4. The van der Waals surface area contributed by atoms with Crippen LogP contribution in [-0.4, -0.2) is 13.4 Å². The summed E-state index contributed by atoms with van der Waals surface area (Å²) in [4.78, 5) is 11.9. The van der Waals surface area contributed by atoms with Gasteiger partial charge in [-0.2, -0.15) is 0 Å². The van der Waals surface area contributed by atoms with Crippen LogP contribution in [-0.2, 0) is 9.05 Å². The fourth-order valence-corrected chi connectivity index (χ4v) is 2.07. The molecule has 0 atom stereocenters. The lowest BCUT2D eigenvalue weighted by Crippen LogP contribution is -2.18. The number of pyridine rings is 1. The van der Waals surface area contributed by atoms with E-state index in [1.165, 1.54) is 0 Å². The molecule has 0 fully saturated rings. The Morgan fingerprint density at radius 1 is 1.47 bits per heavy atom. The summed E-state index contributed by atoms with van der Waals surface area (Å²) in [6, 6.07) is 0.672. The van der Waals surface area contributed by atoms with Gasteiger partial charge in [0.25, 0.3) is 21.0 Å². The second-order valence-corrected chi connectivity index (χ2v) is 5.10. The monoisotopic (exact) mass is 258 g/mol. The van der Waals surface area contributed by atoms with Gasteiger partial charge in [0.05, 0.1) is 0 Å². The molecule has 1 heterocycles. The molecule has 1 aromatic rings. The average Bonchev–Trinajstić information content (AvgIpc) is 1.99. The molecule has 0 saturated heterocycles. The largest absolute Gasteiger partial charge is 0.385 e. The van der Waals surface area contributed by atoms with Gasteiger partial charge in [0, 0.05) is 10.7 Å². The van der Waals surface area contributed by atoms with E-state index in [9.17, 15) is 22.0 Å². The minimum atomic E-state index is -4.43. The van der Waals surface area contributed by atoms with Crippen LogP contribution in [0.1, 0.15) is 12.0 Å². The Labute approximate surface area is 87.3 Å². The van der Waals surface area contributed by atoms with Crippen LogP contribution in [0.4, 0.5) is 14.6 Å². The van der Waals surface area contributed by atoms with Crippen LogP contribution in [0.2, 0.25) is 0 Å². The molecule has 3 N–H and O–H groups in total. The van der Waals surface area contributed by atoms with E-state index >= 15 is 0 Å². The van der Waals surface area contributed by atoms with Gasteiger partial charge in [0.1, 0.15) is 16.3 Å². The number of nitrogen functional groups attached to an aromatic ring is 1. The Morgan fingerprint density at radius 3 is 2.40 bits per heavy atom. The standard InChI is InChI=1S/C6H5ClF2N2O3S/c7-15(13,14)2-1-3(10)11-6(12)4(2)5(8)9/h1,5H,(H3,10,11,12). The molecule has 0 aliphatic rings. The van der Waals surface area contributed by atoms with Crippen molar-refractivity contribution in [1.82, 2.24) is 4.98 Å². The van der Waals surface area contributed by atoms with Gasteiger partial charge >= 0.3 is 0 Å². The number of hydrogen-bond acceptors (Lipinski definition) is 4. The quantitative estimate of drug-likeness (QED) is 0.768. The van der Waals surface area contributed by atoms with Crippen LogP contribution in [0.5, 0.6) is 0 Å². The average molecular weight is 259 g/mol. The van der Waals surface area contributed by atoms with E-state index in [4.69, 9.17) is 16.4 Å². The van der Waals surface area contributed by atoms with Crippen LogP contribution in [0.3, 0.4) is 0 Å². The fourth-order valence-electron chi connectivity index (χ4n) is 0.974. The first-order chi connectivity index (χ1) is 6.73. The van der Waals surface area contributed by atoms with Gasteiger partial charge in [-0.1, -0.05) is 0 Å². The van der Waals surface area contributed by atoms with Gasteiger partial charge in [-0.05, 0) is 6.07 Å². The van der Waals surface area contributed by atoms with E-state index in [0.717, 1.165) is 0 Å². The lowest BCUT2D eigenvalue weighted by atomic mass is 10.3. The zero-order valence-electron chi connectivity index (χ0n) is 7.00. The zero-order chi connectivity index (χ0) is 11.8. The number of halogens is 3. The van der Waals surface area contributed by atoms with Crippen LogP contribution < -0.4 is 11.3 Å². The summed E-state index contributed by atoms with van der Waals surface area (Å²) in [5.74, 6) is -0.358. The minimum Gasteiger partial charge on any atom is -0.385 e. The lowest BCUT2D eigenvalue weighted by Gasteiger charge is -2.05. The number of rotatable bonds is 2. The van der Waals surface area contributed by atoms with Crippen molar-refractivity contribution in [1.29, 1.82) is 0 Å². The Hall–Kier alpha value is -1.15. The molecule has 0 unspecified atom stereocenters. The second-order valence-electron chi connectivity index (χ2n) is 2.57. The molecule has 9 heteroatoms. The molecule has 1 rings (SSSR count). The fraction of sp³-hybridized carbons (Fsp3) is 0.167. The smallest absolute Gasteiger partial charge is 0.270 e. The molecule has 0 aliphatic heterocycles. The van der Waals surface area contributed by atoms with Crippen LogP contribution in [0.15, 0.2) is 15.8 Å². The zero-order valence-corrected chi connectivity index (χ0v) is 8.57. The molecule has 0 saturated carbocycles. The molecule has 0 aromatic carbocycles. The highest BCUT2D eigenvalue weighted by Crippen LogP contribution is 2.26. The van der Waals surface area contributed by atoms with Crippen molar-refractivity contribution in [3.8, 4) is 0 Å². The third-order valence-electron chi connectivity index (χ3n) is 1.54. The molecule has 0 amide bonds. The Balaban J connectivity index is 3.70. The van der Waals surface area contributed by atoms with E-state index in [-0.39, 0.29) is 5.82 Å². The van der Waals surface area contributed by atoms with Crippen LogP contribution in [0, 0.1) is 0 Å². The molecule has 0 spiro atoms. The lowest BCUT2D eigenvalue weighted by molar-refractivity contribution is 0.146. The first-order valence-corrected chi connectivity index (χ1v) is 5.80. The molecule has 5 nitrogen and oxygen atoms in total. The topological polar surface area (TPSA) is 93.0 Å². The first kappa shape index (κ1) is 11.9. The number of alkyl halides is 2. The predicted octanol–water partition coefficient (Wildman–Crippen LogP) is 0.822. The van der Waals surface area contributed by atoms with Crippen molar-refractivity contribution in [2.75, 3.05) is 5.73 Å². The van der Waals surface area contributed by atoms with Gasteiger partial charge in [0.15, 0.2) is 0 Å². The summed E-state index contributed by atoms with van der Waals surface area (Å²) in [7, 11) is 0.451. The highest BCUT2D eigenvalue weighted by atomic mass is 35.7. The van der Waals surface area contributed by atoms with E-state index in [1.807, 2.05) is 4.98 Å². The van der Waals surface area contributed by atoms with Gasteiger partial charge < -0.3 is 10.7 Å². The molecule has 84 valence electrons. The van der Waals surface area contributed by atoms with Gasteiger partial charge in [0.2, 0.25) is 0 Å².